The van der Waals surface area contributed by atoms with Gasteiger partial charge in [0.1, 0.15) is 5.75 Å². The molecule has 1 heterocycles. The number of nitrogens with two attached hydrogens (primary N) is 1. The Balaban J connectivity index is 2.19. The van der Waals surface area contributed by atoms with Gasteiger partial charge >= 0.3 is 0 Å². The Hall–Kier alpha value is -1.39. The highest BCUT2D eigenvalue weighted by molar-refractivity contribution is 7.09. The first kappa shape index (κ1) is 13.1. The first-order chi connectivity index (χ1) is 8.72. The van der Waals surface area contributed by atoms with Crippen molar-refractivity contribution in [2.45, 2.75) is 19.8 Å². The number of thiazole rings is 1. The van der Waals surface area contributed by atoms with E-state index >= 15 is 0 Å². The summed E-state index contributed by atoms with van der Waals surface area (Å²) in [6.45, 7) is 2.74. The van der Waals surface area contributed by atoms with Crippen LogP contribution in [-0.2, 0) is 12.8 Å². The third-order valence-corrected chi connectivity index (χ3v) is 3.72. The topological polar surface area (TPSA) is 48.1 Å². The van der Waals surface area contributed by atoms with Crippen LogP contribution in [0.4, 0.5) is 0 Å². The van der Waals surface area contributed by atoms with Gasteiger partial charge in [-0.05, 0) is 19.5 Å². The molecule has 3 nitrogen and oxygen atoms in total. The van der Waals surface area contributed by atoms with Gasteiger partial charge < -0.3 is 10.5 Å². The molecule has 2 aromatic rings. The zero-order valence-corrected chi connectivity index (χ0v) is 11.6. The molecular weight excluding hydrogens is 244 g/mol. The van der Waals surface area contributed by atoms with Crippen LogP contribution in [0.2, 0.25) is 0 Å². The molecular formula is C14H18N2OS. The second-order valence-electron chi connectivity index (χ2n) is 4.26. The van der Waals surface area contributed by atoms with Gasteiger partial charge in [0, 0.05) is 23.8 Å². The Morgan fingerprint density at radius 2 is 2.22 bits per heavy atom. The lowest BCUT2D eigenvalue weighted by molar-refractivity contribution is 0.410. The number of aromatic nitrogens is 1. The maximum Gasteiger partial charge on any atom is 0.122 e. The van der Waals surface area contributed by atoms with Crippen LogP contribution in [0.25, 0.3) is 0 Å². The maximum absolute atomic E-state index is 5.53. The molecule has 18 heavy (non-hydrogen) atoms. The van der Waals surface area contributed by atoms with E-state index in [1.54, 1.807) is 18.4 Å². The molecule has 0 atom stereocenters. The summed E-state index contributed by atoms with van der Waals surface area (Å²) in [7, 11) is 1.70. The molecule has 0 fully saturated rings. The van der Waals surface area contributed by atoms with E-state index in [-0.39, 0.29) is 0 Å². The fourth-order valence-electron chi connectivity index (χ4n) is 1.91. The van der Waals surface area contributed by atoms with Crippen molar-refractivity contribution in [1.82, 2.24) is 4.98 Å². The van der Waals surface area contributed by atoms with Gasteiger partial charge in [-0.2, -0.15) is 0 Å². The third kappa shape index (κ3) is 3.09. The normalized spacial score (nSPS) is 10.6. The Morgan fingerprint density at radius 1 is 1.39 bits per heavy atom. The van der Waals surface area contributed by atoms with Gasteiger partial charge in [0.2, 0.25) is 0 Å². The van der Waals surface area contributed by atoms with Crippen molar-refractivity contribution >= 4 is 11.3 Å². The molecule has 1 aromatic heterocycles. The lowest BCUT2D eigenvalue weighted by Gasteiger charge is -2.08. The van der Waals surface area contributed by atoms with Gasteiger partial charge in [-0.3, -0.25) is 0 Å². The van der Waals surface area contributed by atoms with Gasteiger partial charge in [0.15, 0.2) is 0 Å². The lowest BCUT2D eigenvalue weighted by Crippen LogP contribution is -2.02. The van der Waals surface area contributed by atoms with Crippen molar-refractivity contribution in [3.05, 3.63) is 45.4 Å². The van der Waals surface area contributed by atoms with Gasteiger partial charge in [0.25, 0.3) is 0 Å². The number of rotatable bonds is 5. The second kappa shape index (κ2) is 5.98. The average Bonchev–Trinajstić information content (AvgIpc) is 2.77. The van der Waals surface area contributed by atoms with E-state index in [9.17, 15) is 0 Å². The highest BCUT2D eigenvalue weighted by Gasteiger charge is 2.07. The summed E-state index contributed by atoms with van der Waals surface area (Å²) in [5.74, 6) is 0.925. The van der Waals surface area contributed by atoms with E-state index in [2.05, 4.69) is 29.4 Å². The van der Waals surface area contributed by atoms with Crippen molar-refractivity contribution in [2.24, 2.45) is 5.73 Å². The summed E-state index contributed by atoms with van der Waals surface area (Å²) in [6.07, 6.45) is 1.67. The molecule has 0 saturated heterocycles. The largest absolute Gasteiger partial charge is 0.496 e. The average molecular weight is 262 g/mol. The molecule has 0 bridgehead atoms. The number of benzene rings is 1. The first-order valence-electron chi connectivity index (χ1n) is 6.00. The molecule has 0 radical (unpaired) electrons. The zero-order valence-electron chi connectivity index (χ0n) is 10.8. The van der Waals surface area contributed by atoms with Gasteiger partial charge in [-0.15, -0.1) is 11.3 Å². The minimum absolute atomic E-state index is 0.653. The van der Waals surface area contributed by atoms with Crippen molar-refractivity contribution in [3.63, 3.8) is 0 Å². The molecule has 0 spiro atoms. The quantitative estimate of drug-likeness (QED) is 0.901. The van der Waals surface area contributed by atoms with Crippen molar-refractivity contribution < 1.29 is 4.74 Å². The Kier molecular flexibility index (Phi) is 4.33. The number of aryl methyl sites for hydroxylation is 1. The summed E-state index contributed by atoms with van der Waals surface area (Å²) >= 11 is 1.68. The molecule has 0 saturated carbocycles. The van der Waals surface area contributed by atoms with Crippen LogP contribution in [0.3, 0.4) is 0 Å². The summed E-state index contributed by atoms with van der Waals surface area (Å²) in [6, 6.07) is 6.22. The first-order valence-corrected chi connectivity index (χ1v) is 6.87. The van der Waals surface area contributed by atoms with E-state index in [1.165, 1.54) is 11.1 Å². The van der Waals surface area contributed by atoms with E-state index in [1.807, 2.05) is 6.07 Å². The fourth-order valence-corrected chi connectivity index (χ4v) is 2.72. The summed E-state index contributed by atoms with van der Waals surface area (Å²) in [5.41, 5.74) is 9.05. The van der Waals surface area contributed by atoms with Crippen LogP contribution < -0.4 is 10.5 Å². The van der Waals surface area contributed by atoms with Crippen molar-refractivity contribution in [1.29, 1.82) is 0 Å². The second-order valence-corrected chi connectivity index (χ2v) is 5.21. The van der Waals surface area contributed by atoms with E-state index < -0.39 is 0 Å². The molecule has 0 unspecified atom stereocenters. The highest BCUT2D eigenvalue weighted by Crippen LogP contribution is 2.23. The monoisotopic (exact) mass is 262 g/mol. The van der Waals surface area contributed by atoms with Crippen LogP contribution in [0.5, 0.6) is 5.75 Å². The van der Waals surface area contributed by atoms with Crippen LogP contribution in [0, 0.1) is 6.92 Å². The zero-order chi connectivity index (χ0) is 13.0. The van der Waals surface area contributed by atoms with Crippen molar-refractivity contribution in [2.75, 3.05) is 13.7 Å². The number of hydrogen-bond acceptors (Lipinski definition) is 4. The number of nitrogens with zero attached hydrogens (tertiary/aromatic N) is 1. The lowest BCUT2D eigenvalue weighted by atomic mass is 10.1. The number of hydrogen-bond donors (Lipinski definition) is 1. The molecule has 2 N–H and O–H groups in total. The molecule has 1 aromatic carbocycles. The third-order valence-electron chi connectivity index (χ3n) is 2.76. The Bertz CT molecular complexity index is 522. The number of ether oxygens (including phenoxy) is 1. The summed E-state index contributed by atoms with van der Waals surface area (Å²) < 4.78 is 5.38. The Labute approximate surface area is 112 Å². The molecule has 0 aliphatic rings. The van der Waals surface area contributed by atoms with Crippen LogP contribution in [0.15, 0.2) is 23.6 Å². The molecule has 0 aliphatic heterocycles. The van der Waals surface area contributed by atoms with E-state index in [0.29, 0.717) is 6.54 Å². The SMILES string of the molecule is COc1ccc(C)cc1Cc1csc(CCN)n1. The fraction of sp³-hybridized carbons (Fsp3) is 0.357. The van der Waals surface area contributed by atoms with Crippen molar-refractivity contribution in [3.8, 4) is 5.75 Å². The smallest absolute Gasteiger partial charge is 0.122 e. The Morgan fingerprint density at radius 3 is 2.94 bits per heavy atom. The summed E-state index contributed by atoms with van der Waals surface area (Å²) in [5, 5.41) is 3.21. The van der Waals surface area contributed by atoms with Gasteiger partial charge in [0.05, 0.1) is 17.8 Å². The van der Waals surface area contributed by atoms with Crippen LogP contribution >= 0.6 is 11.3 Å². The molecule has 4 heteroatoms. The predicted molar refractivity (Wildman–Crippen MR) is 75.4 cm³/mol. The highest BCUT2D eigenvalue weighted by atomic mass is 32.1. The molecule has 0 amide bonds. The minimum Gasteiger partial charge on any atom is -0.496 e. The predicted octanol–water partition coefficient (Wildman–Crippen LogP) is 2.55. The summed E-state index contributed by atoms with van der Waals surface area (Å²) in [4.78, 5) is 4.58. The van der Waals surface area contributed by atoms with Crippen LogP contribution in [-0.4, -0.2) is 18.6 Å². The van der Waals surface area contributed by atoms with Crippen LogP contribution in [0.1, 0.15) is 21.8 Å². The standard InChI is InChI=1S/C14H18N2OS/c1-10-3-4-13(17-2)11(7-10)8-12-9-18-14(16-12)5-6-15/h3-4,7,9H,5-6,8,15H2,1-2H3. The molecule has 96 valence electrons. The molecule has 0 aliphatic carbocycles. The minimum atomic E-state index is 0.653. The van der Waals surface area contributed by atoms with E-state index in [4.69, 9.17) is 10.5 Å². The van der Waals surface area contributed by atoms with E-state index in [0.717, 1.165) is 29.3 Å². The molecule has 2 rings (SSSR count). The number of methoxy groups -OCH3 is 1. The van der Waals surface area contributed by atoms with Gasteiger partial charge in [-0.25, -0.2) is 4.98 Å². The maximum atomic E-state index is 5.53. The van der Waals surface area contributed by atoms with Gasteiger partial charge in [-0.1, -0.05) is 17.7 Å².